The van der Waals surface area contributed by atoms with E-state index in [9.17, 15) is 9.50 Å². The van der Waals surface area contributed by atoms with Crippen LogP contribution in [0.1, 0.15) is 36.8 Å². The second kappa shape index (κ2) is 8.81. The highest BCUT2D eigenvalue weighted by atomic mass is 19.1. The Morgan fingerprint density at radius 1 is 1.07 bits per heavy atom. The van der Waals surface area contributed by atoms with Crippen LogP contribution in [0.5, 0.6) is 0 Å². The monoisotopic (exact) mass is 367 g/mol. The van der Waals surface area contributed by atoms with Crippen LogP contribution in [0.25, 0.3) is 6.08 Å². The maximum Gasteiger partial charge on any atom is 0.123 e. The third-order valence-corrected chi connectivity index (χ3v) is 5.59. The molecule has 0 spiro atoms. The first-order valence-electron chi connectivity index (χ1n) is 9.85. The maximum atomic E-state index is 13.4. The molecule has 3 heteroatoms. The minimum absolute atomic E-state index is 0.148. The van der Waals surface area contributed by atoms with Gasteiger partial charge in [0.25, 0.3) is 0 Å². The Morgan fingerprint density at radius 3 is 2.44 bits per heavy atom. The molecule has 1 saturated carbocycles. The molecule has 0 radical (unpaired) electrons. The lowest BCUT2D eigenvalue weighted by molar-refractivity contribution is 0.00516. The fourth-order valence-corrected chi connectivity index (χ4v) is 4.23. The Morgan fingerprint density at radius 2 is 1.78 bits per heavy atom. The van der Waals surface area contributed by atoms with Gasteiger partial charge >= 0.3 is 0 Å². The van der Waals surface area contributed by atoms with Crippen molar-refractivity contribution in [2.75, 3.05) is 20.6 Å². The zero-order valence-electron chi connectivity index (χ0n) is 16.4. The smallest absolute Gasteiger partial charge is 0.123 e. The molecule has 2 atom stereocenters. The number of rotatable bonds is 5. The van der Waals surface area contributed by atoms with Crippen LogP contribution >= 0.6 is 0 Å². The van der Waals surface area contributed by atoms with Crippen LogP contribution in [0.15, 0.2) is 60.2 Å². The highest BCUT2D eigenvalue weighted by Crippen LogP contribution is 2.40. The standard InChI is InChI=1S/C24H30FNO/c1-26(2)18-22-11-7-6-10-21(16-19-8-4-3-5-9-19)24(22,27)17-20-12-14-23(25)15-13-20/h3-5,8-9,12-16,22,27H,6-7,10-11,17-18H2,1-2H3/b21-16-. The Labute approximate surface area is 162 Å². The fourth-order valence-electron chi connectivity index (χ4n) is 4.23. The molecule has 2 nitrogen and oxygen atoms in total. The van der Waals surface area contributed by atoms with E-state index in [0.717, 1.165) is 48.9 Å². The molecule has 1 aliphatic carbocycles. The molecule has 2 unspecified atom stereocenters. The predicted octanol–water partition coefficient (Wildman–Crippen LogP) is 4.93. The quantitative estimate of drug-likeness (QED) is 0.757. The molecule has 3 rings (SSSR count). The summed E-state index contributed by atoms with van der Waals surface area (Å²) < 4.78 is 13.4. The van der Waals surface area contributed by atoms with Crippen LogP contribution in [-0.4, -0.2) is 36.2 Å². The van der Waals surface area contributed by atoms with Gasteiger partial charge in [-0.25, -0.2) is 4.39 Å². The van der Waals surface area contributed by atoms with Crippen LogP contribution in [-0.2, 0) is 6.42 Å². The molecule has 0 aliphatic heterocycles. The van der Waals surface area contributed by atoms with Gasteiger partial charge in [0.1, 0.15) is 5.82 Å². The van der Waals surface area contributed by atoms with E-state index in [2.05, 4.69) is 37.2 Å². The summed E-state index contributed by atoms with van der Waals surface area (Å²) >= 11 is 0. The molecule has 0 heterocycles. The zero-order valence-corrected chi connectivity index (χ0v) is 16.4. The van der Waals surface area contributed by atoms with Gasteiger partial charge in [-0.2, -0.15) is 0 Å². The van der Waals surface area contributed by atoms with E-state index in [-0.39, 0.29) is 11.7 Å². The molecule has 1 aliphatic rings. The van der Waals surface area contributed by atoms with E-state index in [1.165, 1.54) is 12.1 Å². The summed E-state index contributed by atoms with van der Waals surface area (Å²) in [5.74, 6) is -0.0912. The summed E-state index contributed by atoms with van der Waals surface area (Å²) in [6.45, 7) is 0.837. The van der Waals surface area contributed by atoms with Crippen molar-refractivity contribution in [1.82, 2.24) is 4.90 Å². The van der Waals surface area contributed by atoms with Crippen LogP contribution in [0.2, 0.25) is 0 Å². The van der Waals surface area contributed by atoms with E-state index in [1.54, 1.807) is 12.1 Å². The van der Waals surface area contributed by atoms with E-state index in [4.69, 9.17) is 0 Å². The number of hydrogen-bond acceptors (Lipinski definition) is 2. The molecule has 144 valence electrons. The lowest BCUT2D eigenvalue weighted by Gasteiger charge is -2.39. The number of nitrogens with zero attached hydrogens (tertiary/aromatic N) is 1. The zero-order chi connectivity index (χ0) is 19.3. The number of benzene rings is 2. The molecule has 2 aromatic rings. The molecule has 2 aromatic carbocycles. The molecule has 0 saturated heterocycles. The van der Waals surface area contributed by atoms with Crippen molar-refractivity contribution in [3.05, 3.63) is 77.1 Å². The van der Waals surface area contributed by atoms with Crippen LogP contribution in [0, 0.1) is 11.7 Å². The highest BCUT2D eigenvalue weighted by molar-refractivity contribution is 5.55. The van der Waals surface area contributed by atoms with Crippen molar-refractivity contribution in [3.8, 4) is 0 Å². The molecule has 0 bridgehead atoms. The van der Waals surface area contributed by atoms with Gasteiger partial charge < -0.3 is 10.0 Å². The van der Waals surface area contributed by atoms with Crippen molar-refractivity contribution in [1.29, 1.82) is 0 Å². The molecule has 0 aromatic heterocycles. The van der Waals surface area contributed by atoms with E-state index >= 15 is 0 Å². The number of hydrogen-bond donors (Lipinski definition) is 1. The SMILES string of the molecule is CN(C)CC1CCCC/C(=C/c2ccccc2)C1(O)Cc1ccc(F)cc1. The van der Waals surface area contributed by atoms with Gasteiger partial charge in [0.05, 0.1) is 5.60 Å². The minimum atomic E-state index is -0.922. The Hall–Kier alpha value is -1.97. The molecular formula is C24H30FNO. The van der Waals surface area contributed by atoms with E-state index in [1.807, 2.05) is 18.2 Å². The van der Waals surface area contributed by atoms with E-state index < -0.39 is 5.60 Å². The van der Waals surface area contributed by atoms with Gasteiger partial charge in [0, 0.05) is 18.9 Å². The Balaban J connectivity index is 2.01. The molecule has 27 heavy (non-hydrogen) atoms. The minimum Gasteiger partial charge on any atom is -0.385 e. The van der Waals surface area contributed by atoms with Gasteiger partial charge in [0.2, 0.25) is 0 Å². The van der Waals surface area contributed by atoms with Crippen LogP contribution in [0.3, 0.4) is 0 Å². The summed E-state index contributed by atoms with van der Waals surface area (Å²) in [4.78, 5) is 2.16. The van der Waals surface area contributed by atoms with Crippen molar-refractivity contribution < 1.29 is 9.50 Å². The van der Waals surface area contributed by atoms with Gasteiger partial charge in [-0.3, -0.25) is 0 Å². The molecule has 1 N–H and O–H groups in total. The van der Waals surface area contributed by atoms with Gasteiger partial charge in [0.15, 0.2) is 0 Å². The van der Waals surface area contributed by atoms with Crippen molar-refractivity contribution >= 4 is 6.08 Å². The normalized spacial score (nSPS) is 24.9. The average molecular weight is 368 g/mol. The fraction of sp³-hybridized carbons (Fsp3) is 0.417. The topological polar surface area (TPSA) is 23.5 Å². The number of aliphatic hydroxyl groups is 1. The lowest BCUT2D eigenvalue weighted by atomic mass is 9.75. The van der Waals surface area contributed by atoms with Gasteiger partial charge in [-0.05, 0) is 62.2 Å². The third kappa shape index (κ3) is 5.06. The van der Waals surface area contributed by atoms with Crippen LogP contribution < -0.4 is 0 Å². The summed E-state index contributed by atoms with van der Waals surface area (Å²) in [5, 5.41) is 12.0. The highest BCUT2D eigenvalue weighted by Gasteiger charge is 2.41. The average Bonchev–Trinajstić information content (AvgIpc) is 2.78. The maximum absolute atomic E-state index is 13.4. The predicted molar refractivity (Wildman–Crippen MR) is 110 cm³/mol. The Kier molecular flexibility index (Phi) is 6.46. The van der Waals surface area contributed by atoms with Gasteiger partial charge in [-0.15, -0.1) is 0 Å². The second-order valence-electron chi connectivity index (χ2n) is 8.01. The van der Waals surface area contributed by atoms with Crippen molar-refractivity contribution in [3.63, 3.8) is 0 Å². The molecule has 0 amide bonds. The Bertz CT molecular complexity index is 754. The molecule has 1 fully saturated rings. The summed E-state index contributed by atoms with van der Waals surface area (Å²) in [6, 6.07) is 16.8. The van der Waals surface area contributed by atoms with Crippen LogP contribution in [0.4, 0.5) is 4.39 Å². The first-order valence-corrected chi connectivity index (χ1v) is 9.85. The van der Waals surface area contributed by atoms with Crippen molar-refractivity contribution in [2.45, 2.75) is 37.7 Å². The van der Waals surface area contributed by atoms with Crippen molar-refractivity contribution in [2.24, 2.45) is 5.92 Å². The summed E-state index contributed by atoms with van der Waals surface area (Å²) in [7, 11) is 4.12. The van der Waals surface area contributed by atoms with Gasteiger partial charge in [-0.1, -0.05) is 55.0 Å². The summed E-state index contributed by atoms with van der Waals surface area (Å²) in [5.41, 5.74) is 2.27. The summed E-state index contributed by atoms with van der Waals surface area (Å²) in [6.07, 6.45) is 6.80. The number of halogens is 1. The third-order valence-electron chi connectivity index (χ3n) is 5.59. The first kappa shape index (κ1) is 19.8. The van der Waals surface area contributed by atoms with E-state index in [0.29, 0.717) is 6.42 Å². The largest absolute Gasteiger partial charge is 0.385 e. The second-order valence-corrected chi connectivity index (χ2v) is 8.01. The molecular weight excluding hydrogens is 337 g/mol. The lowest BCUT2D eigenvalue weighted by Crippen LogP contribution is -2.45. The first-order chi connectivity index (χ1) is 13.0.